The molecule has 0 aliphatic heterocycles. The first-order valence-electron chi connectivity index (χ1n) is 5.96. The van der Waals surface area contributed by atoms with Gasteiger partial charge in [-0.3, -0.25) is 0 Å². The third-order valence-electron chi connectivity index (χ3n) is 2.86. The summed E-state index contributed by atoms with van der Waals surface area (Å²) in [7, 11) is 1.99. The molecule has 1 N–H and O–H groups in total. The summed E-state index contributed by atoms with van der Waals surface area (Å²) < 4.78 is 1.08. The highest BCUT2D eigenvalue weighted by Crippen LogP contribution is 2.32. The van der Waals surface area contributed by atoms with Gasteiger partial charge in [0.1, 0.15) is 0 Å². The molecule has 0 aliphatic rings. The van der Waals surface area contributed by atoms with E-state index in [0.29, 0.717) is 11.5 Å². The summed E-state index contributed by atoms with van der Waals surface area (Å²) in [6.45, 7) is 6.80. The highest BCUT2D eigenvalue weighted by Gasteiger charge is 2.17. The van der Waals surface area contributed by atoms with Crippen LogP contribution in [0.15, 0.2) is 22.7 Å². The van der Waals surface area contributed by atoms with Crippen molar-refractivity contribution in [2.24, 2.45) is 5.41 Å². The van der Waals surface area contributed by atoms with Crippen molar-refractivity contribution in [2.75, 3.05) is 7.05 Å². The Bertz CT molecular complexity index is 371. The van der Waals surface area contributed by atoms with E-state index in [2.05, 4.69) is 48.1 Å². The second-order valence-electron chi connectivity index (χ2n) is 5.61. The van der Waals surface area contributed by atoms with Gasteiger partial charge in [0.2, 0.25) is 0 Å². The van der Waals surface area contributed by atoms with E-state index in [-0.39, 0.29) is 0 Å². The number of rotatable bonds is 4. The lowest BCUT2D eigenvalue weighted by Gasteiger charge is -2.24. The molecule has 0 radical (unpaired) electrons. The molecule has 0 aromatic heterocycles. The minimum atomic E-state index is 0.319. The molecule has 1 aromatic carbocycles. The minimum absolute atomic E-state index is 0.319. The maximum absolute atomic E-state index is 6.26. The Kier molecular flexibility index (Phi) is 5.49. The summed E-state index contributed by atoms with van der Waals surface area (Å²) in [4.78, 5) is 0. The van der Waals surface area contributed by atoms with Gasteiger partial charge in [-0.2, -0.15) is 0 Å². The van der Waals surface area contributed by atoms with Crippen LogP contribution in [0.25, 0.3) is 0 Å². The van der Waals surface area contributed by atoms with Gasteiger partial charge in [-0.05, 0) is 49.1 Å². The number of nitrogens with one attached hydrogen (secondary N) is 1. The summed E-state index contributed by atoms with van der Waals surface area (Å²) in [5.74, 6) is 0. The molecule has 1 unspecified atom stereocenters. The molecule has 0 aliphatic carbocycles. The molecule has 0 heterocycles. The third kappa shape index (κ3) is 4.99. The van der Waals surface area contributed by atoms with Crippen molar-refractivity contribution in [1.82, 2.24) is 5.32 Å². The molecule has 17 heavy (non-hydrogen) atoms. The van der Waals surface area contributed by atoms with Gasteiger partial charge in [-0.1, -0.05) is 48.3 Å². The maximum Gasteiger partial charge on any atom is 0.0454 e. The first-order valence-corrected chi connectivity index (χ1v) is 7.13. The van der Waals surface area contributed by atoms with Crippen LogP contribution >= 0.6 is 27.5 Å². The van der Waals surface area contributed by atoms with Gasteiger partial charge >= 0.3 is 0 Å². The van der Waals surface area contributed by atoms with Crippen LogP contribution in [0.1, 0.15) is 45.2 Å². The van der Waals surface area contributed by atoms with E-state index in [9.17, 15) is 0 Å². The van der Waals surface area contributed by atoms with Crippen LogP contribution in [-0.4, -0.2) is 7.05 Å². The Hall–Kier alpha value is -0.0500. The van der Waals surface area contributed by atoms with E-state index in [1.165, 1.54) is 12.0 Å². The molecule has 3 heteroatoms. The van der Waals surface area contributed by atoms with Crippen LogP contribution in [0.2, 0.25) is 5.02 Å². The molecule has 0 saturated heterocycles. The van der Waals surface area contributed by atoms with E-state index in [1.807, 2.05) is 19.2 Å². The summed E-state index contributed by atoms with van der Waals surface area (Å²) in [6.07, 6.45) is 2.26. The van der Waals surface area contributed by atoms with E-state index < -0.39 is 0 Å². The zero-order valence-corrected chi connectivity index (χ0v) is 13.3. The number of benzene rings is 1. The van der Waals surface area contributed by atoms with Crippen LogP contribution in [-0.2, 0) is 0 Å². The van der Waals surface area contributed by atoms with E-state index in [0.717, 1.165) is 15.9 Å². The predicted octanol–water partition coefficient (Wildman–Crippen LogP) is 5.19. The largest absolute Gasteiger partial charge is 0.313 e. The fraction of sp³-hybridized carbons (Fsp3) is 0.571. The van der Waals surface area contributed by atoms with Crippen molar-refractivity contribution in [3.05, 3.63) is 33.3 Å². The van der Waals surface area contributed by atoms with Gasteiger partial charge in [0.15, 0.2) is 0 Å². The zero-order chi connectivity index (χ0) is 13.1. The minimum Gasteiger partial charge on any atom is -0.313 e. The quantitative estimate of drug-likeness (QED) is 0.805. The van der Waals surface area contributed by atoms with Gasteiger partial charge in [0.05, 0.1) is 0 Å². The summed E-state index contributed by atoms with van der Waals surface area (Å²) >= 11 is 9.76. The Morgan fingerprint density at radius 1 is 1.35 bits per heavy atom. The van der Waals surface area contributed by atoms with Gasteiger partial charge in [0, 0.05) is 15.5 Å². The van der Waals surface area contributed by atoms with Crippen LogP contribution in [0.4, 0.5) is 0 Å². The van der Waals surface area contributed by atoms with Crippen LogP contribution < -0.4 is 5.32 Å². The maximum atomic E-state index is 6.26. The molecule has 0 saturated carbocycles. The Balaban J connectivity index is 2.82. The number of hydrogen-bond donors (Lipinski definition) is 1. The van der Waals surface area contributed by atoms with Crippen LogP contribution in [0, 0.1) is 5.41 Å². The Morgan fingerprint density at radius 3 is 2.53 bits per heavy atom. The van der Waals surface area contributed by atoms with Gasteiger partial charge in [0.25, 0.3) is 0 Å². The molecule has 0 fully saturated rings. The molecule has 1 nitrogen and oxygen atoms in total. The van der Waals surface area contributed by atoms with E-state index >= 15 is 0 Å². The summed E-state index contributed by atoms with van der Waals surface area (Å²) in [5, 5.41) is 4.19. The topological polar surface area (TPSA) is 12.0 Å². The monoisotopic (exact) mass is 317 g/mol. The Labute approximate surface area is 118 Å². The number of halogens is 2. The van der Waals surface area contributed by atoms with Crippen molar-refractivity contribution in [1.29, 1.82) is 0 Å². The number of hydrogen-bond acceptors (Lipinski definition) is 1. The second-order valence-corrected chi connectivity index (χ2v) is 6.93. The van der Waals surface area contributed by atoms with E-state index in [1.54, 1.807) is 0 Å². The molecule has 1 atom stereocenters. The highest BCUT2D eigenvalue weighted by molar-refractivity contribution is 9.10. The third-order valence-corrected chi connectivity index (χ3v) is 3.70. The van der Waals surface area contributed by atoms with E-state index in [4.69, 9.17) is 11.6 Å². The fourth-order valence-corrected chi connectivity index (χ4v) is 2.44. The smallest absolute Gasteiger partial charge is 0.0454 e. The Morgan fingerprint density at radius 2 is 2.00 bits per heavy atom. The first-order chi connectivity index (χ1) is 7.83. The lowest BCUT2D eigenvalue weighted by molar-refractivity contribution is 0.338. The van der Waals surface area contributed by atoms with Crippen LogP contribution in [0.5, 0.6) is 0 Å². The van der Waals surface area contributed by atoms with Crippen molar-refractivity contribution >= 4 is 27.5 Å². The first kappa shape index (κ1) is 15.0. The molecule has 0 bridgehead atoms. The average Bonchev–Trinajstić information content (AvgIpc) is 2.22. The molecule has 1 aromatic rings. The lowest BCUT2D eigenvalue weighted by Crippen LogP contribution is -2.19. The van der Waals surface area contributed by atoms with Crippen molar-refractivity contribution in [3.8, 4) is 0 Å². The molecular formula is C14H21BrClN. The molecule has 0 spiro atoms. The van der Waals surface area contributed by atoms with Gasteiger partial charge in [-0.25, -0.2) is 0 Å². The van der Waals surface area contributed by atoms with Gasteiger partial charge < -0.3 is 5.32 Å². The SMILES string of the molecule is CNC(CCC(C)(C)C)c1cc(Br)ccc1Cl. The molecule has 96 valence electrons. The molecule has 1 rings (SSSR count). The van der Waals surface area contributed by atoms with Crippen molar-refractivity contribution < 1.29 is 0 Å². The second kappa shape index (κ2) is 6.21. The average molecular weight is 319 g/mol. The molecule has 0 amide bonds. The normalized spacial score (nSPS) is 13.8. The predicted molar refractivity (Wildman–Crippen MR) is 79.6 cm³/mol. The van der Waals surface area contributed by atoms with Crippen molar-refractivity contribution in [3.63, 3.8) is 0 Å². The van der Waals surface area contributed by atoms with Crippen molar-refractivity contribution in [2.45, 2.75) is 39.7 Å². The lowest BCUT2D eigenvalue weighted by atomic mass is 9.87. The fourth-order valence-electron chi connectivity index (χ4n) is 1.81. The molecular weight excluding hydrogens is 298 g/mol. The summed E-state index contributed by atoms with van der Waals surface area (Å²) in [5.41, 5.74) is 1.53. The van der Waals surface area contributed by atoms with Gasteiger partial charge in [-0.15, -0.1) is 0 Å². The van der Waals surface area contributed by atoms with Crippen LogP contribution in [0.3, 0.4) is 0 Å². The standard InChI is InChI=1S/C14H21BrClN/c1-14(2,3)8-7-13(17-4)11-9-10(15)5-6-12(11)16/h5-6,9,13,17H,7-8H2,1-4H3. The zero-order valence-electron chi connectivity index (χ0n) is 11.0. The summed E-state index contributed by atoms with van der Waals surface area (Å²) in [6, 6.07) is 6.34. The highest BCUT2D eigenvalue weighted by atomic mass is 79.9.